The molecule has 2 N–H and O–H groups in total. The van der Waals surface area contributed by atoms with Crippen LogP contribution < -0.4 is 5.32 Å². The van der Waals surface area contributed by atoms with E-state index in [9.17, 15) is 9.59 Å². The predicted molar refractivity (Wildman–Crippen MR) is 69.4 cm³/mol. The van der Waals surface area contributed by atoms with Gasteiger partial charge < -0.3 is 15.3 Å². The Hall–Kier alpha value is -1.52. The smallest absolute Gasteiger partial charge is 0.317 e. The van der Waals surface area contributed by atoms with Crippen LogP contribution in [0.3, 0.4) is 0 Å². The molecule has 0 aromatic carbocycles. The van der Waals surface area contributed by atoms with Gasteiger partial charge in [-0.3, -0.25) is 4.79 Å². The monoisotopic (exact) mass is 254 g/mol. The van der Waals surface area contributed by atoms with Crippen LogP contribution in [0, 0.1) is 5.92 Å². The molecule has 102 valence electrons. The average Bonchev–Trinajstić information content (AvgIpc) is 2.34. The first kappa shape index (κ1) is 14.5. The van der Waals surface area contributed by atoms with Crippen molar-refractivity contribution in [2.45, 2.75) is 32.6 Å². The van der Waals surface area contributed by atoms with Crippen molar-refractivity contribution in [2.75, 3.05) is 19.6 Å². The predicted octanol–water partition coefficient (Wildman–Crippen LogP) is 1.85. The van der Waals surface area contributed by atoms with E-state index in [0.29, 0.717) is 19.6 Å². The third kappa shape index (κ3) is 5.21. The molecule has 0 spiro atoms. The molecule has 0 atom stereocenters. The number of carbonyl (C=O) groups excluding carboxylic acids is 1. The Morgan fingerprint density at radius 1 is 1.39 bits per heavy atom. The summed E-state index contributed by atoms with van der Waals surface area (Å²) in [6, 6.07) is -0.0340. The lowest BCUT2D eigenvalue weighted by Gasteiger charge is -2.31. The van der Waals surface area contributed by atoms with E-state index in [1.54, 1.807) is 4.90 Å². The van der Waals surface area contributed by atoms with Gasteiger partial charge in [-0.2, -0.15) is 0 Å². The van der Waals surface area contributed by atoms with Crippen molar-refractivity contribution < 1.29 is 14.7 Å². The van der Waals surface area contributed by atoms with Crippen molar-refractivity contribution in [1.29, 1.82) is 0 Å². The number of carboxylic acid groups (broad SMARTS) is 1. The van der Waals surface area contributed by atoms with E-state index in [4.69, 9.17) is 5.11 Å². The van der Waals surface area contributed by atoms with Gasteiger partial charge in [-0.05, 0) is 32.1 Å². The summed E-state index contributed by atoms with van der Waals surface area (Å²) >= 11 is 0. The number of piperidine rings is 1. The molecule has 0 radical (unpaired) electrons. The minimum atomic E-state index is -0.746. The van der Waals surface area contributed by atoms with Crippen LogP contribution in [0.5, 0.6) is 0 Å². The number of aliphatic carboxylic acids is 1. The van der Waals surface area contributed by atoms with E-state index in [-0.39, 0.29) is 18.4 Å². The molecule has 0 aromatic rings. The van der Waals surface area contributed by atoms with Crippen LogP contribution in [0.25, 0.3) is 0 Å². The number of nitrogens with one attached hydrogen (secondary N) is 1. The molecular formula is C13H22N2O3. The van der Waals surface area contributed by atoms with E-state index >= 15 is 0 Å². The largest absolute Gasteiger partial charge is 0.481 e. The second-order valence-corrected chi connectivity index (χ2v) is 4.62. The molecule has 2 amide bonds. The Morgan fingerprint density at radius 2 is 2.06 bits per heavy atom. The van der Waals surface area contributed by atoms with Gasteiger partial charge in [0.05, 0.1) is 0 Å². The SMILES string of the molecule is C/C=C/CCNC(=O)N1CCC(CC(=O)O)CC1. The average molecular weight is 254 g/mol. The van der Waals surface area contributed by atoms with Crippen LogP contribution in [-0.4, -0.2) is 41.6 Å². The van der Waals surface area contributed by atoms with Crippen LogP contribution in [0.15, 0.2) is 12.2 Å². The normalized spacial score (nSPS) is 17.1. The lowest BCUT2D eigenvalue weighted by Crippen LogP contribution is -2.44. The molecule has 0 unspecified atom stereocenters. The highest BCUT2D eigenvalue weighted by Crippen LogP contribution is 2.20. The summed E-state index contributed by atoms with van der Waals surface area (Å²) in [6.45, 7) is 3.92. The van der Waals surface area contributed by atoms with E-state index < -0.39 is 5.97 Å². The Kier molecular flexibility index (Phi) is 6.25. The molecule has 1 fully saturated rings. The lowest BCUT2D eigenvalue weighted by molar-refractivity contribution is -0.138. The summed E-state index contributed by atoms with van der Waals surface area (Å²) in [6.07, 6.45) is 6.61. The van der Waals surface area contributed by atoms with Gasteiger partial charge in [0.2, 0.25) is 0 Å². The fourth-order valence-corrected chi connectivity index (χ4v) is 2.13. The third-order valence-electron chi connectivity index (χ3n) is 3.19. The highest BCUT2D eigenvalue weighted by Gasteiger charge is 2.23. The van der Waals surface area contributed by atoms with Gasteiger partial charge >= 0.3 is 12.0 Å². The molecule has 1 saturated heterocycles. The second kappa shape index (κ2) is 7.74. The van der Waals surface area contributed by atoms with Gasteiger partial charge in [-0.15, -0.1) is 0 Å². The highest BCUT2D eigenvalue weighted by molar-refractivity contribution is 5.74. The van der Waals surface area contributed by atoms with Crippen LogP contribution in [0.1, 0.15) is 32.6 Å². The molecule has 0 bridgehead atoms. The minimum Gasteiger partial charge on any atom is -0.481 e. The number of likely N-dealkylation sites (tertiary alicyclic amines) is 1. The second-order valence-electron chi connectivity index (χ2n) is 4.62. The summed E-state index contributed by atoms with van der Waals surface area (Å²) in [5.74, 6) is -0.529. The first-order valence-corrected chi connectivity index (χ1v) is 6.49. The first-order chi connectivity index (χ1) is 8.63. The van der Waals surface area contributed by atoms with Crippen molar-refractivity contribution in [2.24, 2.45) is 5.92 Å². The van der Waals surface area contributed by atoms with Crippen molar-refractivity contribution in [3.05, 3.63) is 12.2 Å². The van der Waals surface area contributed by atoms with Crippen molar-refractivity contribution in [3.63, 3.8) is 0 Å². The number of allylic oxidation sites excluding steroid dienone is 1. The molecule has 5 nitrogen and oxygen atoms in total. The number of rotatable bonds is 5. The third-order valence-corrected chi connectivity index (χ3v) is 3.19. The van der Waals surface area contributed by atoms with Gasteiger partial charge in [0.1, 0.15) is 0 Å². The van der Waals surface area contributed by atoms with Gasteiger partial charge in [-0.25, -0.2) is 4.79 Å². The zero-order valence-corrected chi connectivity index (χ0v) is 10.9. The standard InChI is InChI=1S/C13H22N2O3/c1-2-3-4-7-14-13(18)15-8-5-11(6-9-15)10-12(16)17/h2-3,11H,4-10H2,1H3,(H,14,18)(H,16,17)/b3-2+. The zero-order valence-electron chi connectivity index (χ0n) is 10.9. The van der Waals surface area contributed by atoms with E-state index in [1.165, 1.54) is 0 Å². The van der Waals surface area contributed by atoms with Crippen molar-refractivity contribution >= 4 is 12.0 Å². The van der Waals surface area contributed by atoms with Gasteiger partial charge in [0.15, 0.2) is 0 Å². The van der Waals surface area contributed by atoms with Crippen molar-refractivity contribution in [3.8, 4) is 0 Å². The molecule has 0 saturated carbocycles. The summed E-state index contributed by atoms with van der Waals surface area (Å²) < 4.78 is 0. The van der Waals surface area contributed by atoms with Crippen LogP contribution in [0.4, 0.5) is 4.79 Å². The van der Waals surface area contributed by atoms with E-state index in [1.807, 2.05) is 19.1 Å². The minimum absolute atomic E-state index is 0.0340. The molecule has 1 heterocycles. The molecule has 1 aliphatic rings. The number of hydrogen-bond acceptors (Lipinski definition) is 2. The lowest BCUT2D eigenvalue weighted by atomic mass is 9.94. The topological polar surface area (TPSA) is 69.6 Å². The number of amides is 2. The fraction of sp³-hybridized carbons (Fsp3) is 0.692. The summed E-state index contributed by atoms with van der Waals surface area (Å²) in [4.78, 5) is 24.1. The Balaban J connectivity index is 2.21. The van der Waals surface area contributed by atoms with Crippen LogP contribution >= 0.6 is 0 Å². The number of nitrogens with zero attached hydrogens (tertiary/aromatic N) is 1. The molecule has 0 aromatic heterocycles. The van der Waals surface area contributed by atoms with Crippen LogP contribution in [-0.2, 0) is 4.79 Å². The zero-order chi connectivity index (χ0) is 13.4. The molecule has 18 heavy (non-hydrogen) atoms. The molecule has 1 rings (SSSR count). The maximum atomic E-state index is 11.8. The molecule has 1 aliphatic heterocycles. The fourth-order valence-electron chi connectivity index (χ4n) is 2.13. The van der Waals surface area contributed by atoms with E-state index in [2.05, 4.69) is 5.32 Å². The summed E-state index contributed by atoms with van der Waals surface area (Å²) in [7, 11) is 0. The van der Waals surface area contributed by atoms with Gasteiger partial charge in [-0.1, -0.05) is 12.2 Å². The summed E-state index contributed by atoms with van der Waals surface area (Å²) in [5, 5.41) is 11.6. The number of carboxylic acids is 1. The number of carbonyl (C=O) groups is 2. The Bertz CT molecular complexity index is 307. The quantitative estimate of drug-likeness (QED) is 0.581. The maximum Gasteiger partial charge on any atom is 0.317 e. The molecule has 0 aliphatic carbocycles. The maximum absolute atomic E-state index is 11.8. The number of hydrogen-bond donors (Lipinski definition) is 2. The van der Waals surface area contributed by atoms with E-state index in [0.717, 1.165) is 19.3 Å². The van der Waals surface area contributed by atoms with Gasteiger partial charge in [0.25, 0.3) is 0 Å². The van der Waals surface area contributed by atoms with Crippen LogP contribution in [0.2, 0.25) is 0 Å². The summed E-state index contributed by atoms with van der Waals surface area (Å²) in [5.41, 5.74) is 0. The first-order valence-electron chi connectivity index (χ1n) is 6.49. The van der Waals surface area contributed by atoms with Crippen molar-refractivity contribution in [1.82, 2.24) is 10.2 Å². The highest BCUT2D eigenvalue weighted by atomic mass is 16.4. The molecular weight excluding hydrogens is 232 g/mol. The molecule has 5 heteroatoms. The Morgan fingerprint density at radius 3 is 2.61 bits per heavy atom. The van der Waals surface area contributed by atoms with Gasteiger partial charge in [0, 0.05) is 26.1 Å². The number of urea groups is 1. The Labute approximate surface area is 108 Å².